The van der Waals surface area contributed by atoms with Gasteiger partial charge in [0.25, 0.3) is 15.9 Å². The number of carbonyl (C=O) groups is 1. The van der Waals surface area contributed by atoms with Gasteiger partial charge in [-0.2, -0.15) is 4.99 Å². The first kappa shape index (κ1) is 23.5. The average Bonchev–Trinajstić information content (AvgIpc) is 3.16. The largest absolute Gasteiger partial charge is 0.304 e. The molecule has 34 heavy (non-hydrogen) atoms. The molecule has 0 radical (unpaired) electrons. The number of sulfonamides is 1. The van der Waals surface area contributed by atoms with Gasteiger partial charge < -0.3 is 4.57 Å². The quantitative estimate of drug-likeness (QED) is 0.387. The minimum Gasteiger partial charge on any atom is -0.304 e. The van der Waals surface area contributed by atoms with E-state index in [4.69, 9.17) is 6.42 Å². The van der Waals surface area contributed by atoms with Crippen LogP contribution >= 0.6 is 11.3 Å². The van der Waals surface area contributed by atoms with Crippen molar-refractivity contribution >= 4 is 43.2 Å². The maximum atomic E-state index is 13.0. The molecule has 8 heteroatoms. The third kappa shape index (κ3) is 4.40. The molecule has 1 heterocycles. The van der Waals surface area contributed by atoms with E-state index in [-0.39, 0.29) is 4.90 Å². The van der Waals surface area contributed by atoms with Gasteiger partial charge in [-0.05, 0) is 67.4 Å². The normalized spacial score (nSPS) is 12.0. The van der Waals surface area contributed by atoms with Crippen molar-refractivity contribution in [1.29, 1.82) is 0 Å². The van der Waals surface area contributed by atoms with E-state index in [1.807, 2.05) is 30.5 Å². The van der Waals surface area contributed by atoms with Crippen molar-refractivity contribution in [3.63, 3.8) is 0 Å². The molecule has 4 rings (SSSR count). The number of carbonyl (C=O) groups excluding carboxylic acids is 1. The number of hydrogen-bond donors (Lipinski definition) is 0. The van der Waals surface area contributed by atoms with Crippen molar-refractivity contribution in [2.24, 2.45) is 4.99 Å². The molecular weight excluding hydrogens is 466 g/mol. The Hall–Kier alpha value is -3.67. The number of anilines is 1. The molecule has 0 aliphatic rings. The molecule has 1 amide bonds. The Morgan fingerprint density at radius 2 is 1.76 bits per heavy atom. The molecule has 0 aliphatic heterocycles. The molecule has 0 fully saturated rings. The van der Waals surface area contributed by atoms with Gasteiger partial charge in [0.1, 0.15) is 0 Å². The Labute approximate surface area is 202 Å². The number of rotatable bonds is 5. The summed E-state index contributed by atoms with van der Waals surface area (Å²) in [6.07, 6.45) is 5.57. The maximum Gasteiger partial charge on any atom is 0.279 e. The Morgan fingerprint density at radius 1 is 1.09 bits per heavy atom. The molecular formula is C26H23N3O3S2. The van der Waals surface area contributed by atoms with Crippen LogP contribution in [-0.2, 0) is 16.6 Å². The van der Waals surface area contributed by atoms with Gasteiger partial charge >= 0.3 is 0 Å². The fourth-order valence-electron chi connectivity index (χ4n) is 3.77. The van der Waals surface area contributed by atoms with Gasteiger partial charge in [-0.3, -0.25) is 9.10 Å². The van der Waals surface area contributed by atoms with Gasteiger partial charge in [-0.15, -0.1) is 6.42 Å². The number of thiazole rings is 1. The Bertz CT molecular complexity index is 1590. The molecule has 0 saturated carbocycles. The van der Waals surface area contributed by atoms with Gasteiger partial charge in [0.05, 0.1) is 27.3 Å². The van der Waals surface area contributed by atoms with Gasteiger partial charge in [0, 0.05) is 12.6 Å². The summed E-state index contributed by atoms with van der Waals surface area (Å²) in [7, 11) is -2.27. The molecule has 0 bridgehead atoms. The molecule has 172 valence electrons. The van der Waals surface area contributed by atoms with Crippen LogP contribution in [0.4, 0.5) is 5.69 Å². The molecule has 0 saturated heterocycles. The Kier molecular flexibility index (Phi) is 6.42. The summed E-state index contributed by atoms with van der Waals surface area (Å²) in [6.45, 7) is 4.32. The summed E-state index contributed by atoms with van der Waals surface area (Å²) in [5.41, 5.74) is 3.98. The SMILES string of the molecule is C#CCn1c(=NC(=O)c2ccc(S(=O)(=O)N(C)c3ccccc3)cc2)sc2cc(C)cc(C)c21. The lowest BCUT2D eigenvalue weighted by Gasteiger charge is -2.19. The Balaban J connectivity index is 1.69. The zero-order chi connectivity index (χ0) is 24.5. The summed E-state index contributed by atoms with van der Waals surface area (Å²) < 4.78 is 30.0. The third-order valence-electron chi connectivity index (χ3n) is 5.44. The van der Waals surface area contributed by atoms with Crippen LogP contribution in [0.3, 0.4) is 0 Å². The first-order valence-electron chi connectivity index (χ1n) is 10.5. The lowest BCUT2D eigenvalue weighted by molar-refractivity contribution is 0.0998. The number of para-hydroxylation sites is 1. The molecule has 0 unspecified atom stereocenters. The van der Waals surface area contributed by atoms with E-state index in [1.165, 1.54) is 47.0 Å². The van der Waals surface area contributed by atoms with E-state index in [1.54, 1.807) is 24.3 Å². The molecule has 6 nitrogen and oxygen atoms in total. The summed E-state index contributed by atoms with van der Waals surface area (Å²) in [4.78, 5) is 17.8. The van der Waals surface area contributed by atoms with Gasteiger partial charge in [0.15, 0.2) is 4.80 Å². The van der Waals surface area contributed by atoms with Crippen molar-refractivity contribution in [3.8, 4) is 12.3 Å². The van der Waals surface area contributed by atoms with Crippen molar-refractivity contribution in [2.45, 2.75) is 25.3 Å². The molecule has 4 aromatic rings. The van der Waals surface area contributed by atoms with Crippen LogP contribution in [0.1, 0.15) is 21.5 Å². The fraction of sp³-hybridized carbons (Fsp3) is 0.154. The van der Waals surface area contributed by atoms with Gasteiger partial charge in [0.2, 0.25) is 0 Å². The van der Waals surface area contributed by atoms with Crippen LogP contribution < -0.4 is 9.11 Å². The standard InChI is InChI=1S/C26H23N3O3S2/c1-5-15-29-24-19(3)16-18(2)17-23(24)33-26(29)27-25(30)20-11-13-22(14-12-20)34(31,32)28(4)21-9-7-6-8-10-21/h1,6-14,16-17H,15H2,2-4H3. The summed E-state index contributed by atoms with van der Waals surface area (Å²) >= 11 is 1.40. The number of benzene rings is 3. The molecule has 0 N–H and O–H groups in total. The zero-order valence-corrected chi connectivity index (χ0v) is 20.7. The highest BCUT2D eigenvalue weighted by atomic mass is 32.2. The highest BCUT2D eigenvalue weighted by Gasteiger charge is 2.21. The number of amides is 1. The van der Waals surface area contributed by atoms with E-state index in [2.05, 4.69) is 17.0 Å². The zero-order valence-electron chi connectivity index (χ0n) is 19.0. The van der Waals surface area contributed by atoms with E-state index in [0.717, 1.165) is 21.3 Å². The van der Waals surface area contributed by atoms with E-state index >= 15 is 0 Å². The monoisotopic (exact) mass is 489 g/mol. The van der Waals surface area contributed by atoms with Gasteiger partial charge in [-0.1, -0.05) is 41.5 Å². The maximum absolute atomic E-state index is 13.0. The fourth-order valence-corrected chi connectivity index (χ4v) is 6.17. The summed E-state index contributed by atoms with van der Waals surface area (Å²) in [5, 5.41) is 0. The second-order valence-corrected chi connectivity index (χ2v) is 10.8. The lowest BCUT2D eigenvalue weighted by atomic mass is 10.1. The first-order chi connectivity index (χ1) is 16.2. The van der Waals surface area contributed by atoms with Crippen molar-refractivity contribution in [2.75, 3.05) is 11.4 Å². The topological polar surface area (TPSA) is 71.7 Å². The highest BCUT2D eigenvalue weighted by molar-refractivity contribution is 7.92. The molecule has 3 aromatic carbocycles. The highest BCUT2D eigenvalue weighted by Crippen LogP contribution is 2.24. The van der Waals surface area contributed by atoms with Crippen LogP contribution in [0.15, 0.2) is 76.6 Å². The minimum atomic E-state index is -3.77. The van der Waals surface area contributed by atoms with Crippen LogP contribution in [0.5, 0.6) is 0 Å². The molecule has 0 spiro atoms. The second kappa shape index (κ2) is 9.29. The van der Waals surface area contributed by atoms with Crippen LogP contribution in [0.2, 0.25) is 0 Å². The average molecular weight is 490 g/mol. The number of aryl methyl sites for hydroxylation is 2. The molecule has 1 aromatic heterocycles. The predicted octanol–water partition coefficient (Wildman–Crippen LogP) is 4.52. The smallest absolute Gasteiger partial charge is 0.279 e. The van der Waals surface area contributed by atoms with Crippen molar-refractivity contribution in [3.05, 3.63) is 88.2 Å². The van der Waals surface area contributed by atoms with E-state index in [9.17, 15) is 13.2 Å². The number of nitrogens with zero attached hydrogens (tertiary/aromatic N) is 3. The van der Waals surface area contributed by atoms with Crippen LogP contribution in [0, 0.1) is 26.2 Å². The van der Waals surface area contributed by atoms with Crippen molar-refractivity contribution in [1.82, 2.24) is 4.57 Å². The third-order valence-corrected chi connectivity index (χ3v) is 8.26. The van der Waals surface area contributed by atoms with Crippen LogP contribution in [0.25, 0.3) is 10.2 Å². The molecule has 0 atom stereocenters. The lowest BCUT2D eigenvalue weighted by Crippen LogP contribution is -2.26. The number of hydrogen-bond acceptors (Lipinski definition) is 4. The number of terminal acetylenes is 1. The minimum absolute atomic E-state index is 0.0887. The van der Waals surface area contributed by atoms with E-state index < -0.39 is 15.9 Å². The van der Waals surface area contributed by atoms with Crippen LogP contribution in [-0.4, -0.2) is 25.9 Å². The molecule has 0 aliphatic carbocycles. The summed E-state index contributed by atoms with van der Waals surface area (Å²) in [6, 6.07) is 18.7. The van der Waals surface area contributed by atoms with Crippen molar-refractivity contribution < 1.29 is 13.2 Å². The van der Waals surface area contributed by atoms with E-state index in [0.29, 0.717) is 22.6 Å². The summed E-state index contributed by atoms with van der Waals surface area (Å²) in [5.74, 6) is 2.17. The number of aromatic nitrogens is 1. The Morgan fingerprint density at radius 3 is 2.41 bits per heavy atom. The second-order valence-electron chi connectivity index (χ2n) is 7.85. The predicted molar refractivity (Wildman–Crippen MR) is 136 cm³/mol. The number of fused-ring (bicyclic) bond motifs is 1. The van der Waals surface area contributed by atoms with Gasteiger partial charge in [-0.25, -0.2) is 8.42 Å². The first-order valence-corrected chi connectivity index (χ1v) is 12.7.